The minimum absolute atomic E-state index is 0.00532. The average molecular weight is 415 g/mol. The van der Waals surface area contributed by atoms with Crippen molar-refractivity contribution >= 4 is 41.1 Å². The lowest BCUT2D eigenvalue weighted by atomic mass is 10.1. The maximum atomic E-state index is 12.4. The van der Waals surface area contributed by atoms with Crippen molar-refractivity contribution in [2.75, 3.05) is 0 Å². The predicted octanol–water partition coefficient (Wildman–Crippen LogP) is 2.99. The van der Waals surface area contributed by atoms with Crippen molar-refractivity contribution in [2.24, 2.45) is 7.05 Å². The molecule has 1 aromatic carbocycles. The lowest BCUT2D eigenvalue weighted by Gasteiger charge is -2.13. The van der Waals surface area contributed by atoms with Gasteiger partial charge in [0.1, 0.15) is 5.03 Å². The van der Waals surface area contributed by atoms with Crippen LogP contribution in [0.1, 0.15) is 31.1 Å². The highest BCUT2D eigenvalue weighted by atomic mass is 35.5. The predicted molar refractivity (Wildman–Crippen MR) is 98.9 cm³/mol. The number of carbonyl (C=O) groups is 3. The summed E-state index contributed by atoms with van der Waals surface area (Å²) in [5, 5.41) is 1.78. The van der Waals surface area contributed by atoms with Crippen molar-refractivity contribution in [1.82, 2.24) is 19.6 Å². The Kier molecular flexibility index (Phi) is 4.62. The van der Waals surface area contributed by atoms with Crippen LogP contribution >= 0.6 is 23.4 Å². The number of halogens is 1. The van der Waals surface area contributed by atoms with Crippen LogP contribution in [-0.4, -0.2) is 37.4 Å². The zero-order valence-electron chi connectivity index (χ0n) is 14.3. The Labute approximate surface area is 168 Å². The molecule has 28 heavy (non-hydrogen) atoms. The number of rotatable bonds is 4. The lowest BCUT2D eigenvalue weighted by molar-refractivity contribution is -0.0584. The van der Waals surface area contributed by atoms with Gasteiger partial charge in [-0.05, 0) is 30.0 Å². The van der Waals surface area contributed by atoms with Crippen LogP contribution in [0.4, 0.5) is 0 Å². The summed E-state index contributed by atoms with van der Waals surface area (Å²) in [7, 11) is 1.83. The number of amides is 2. The molecule has 0 unspecified atom stereocenters. The fourth-order valence-electron chi connectivity index (χ4n) is 2.53. The molecule has 0 saturated carbocycles. The van der Waals surface area contributed by atoms with E-state index >= 15 is 0 Å². The first-order valence-electron chi connectivity index (χ1n) is 7.96. The van der Waals surface area contributed by atoms with Gasteiger partial charge in [-0.1, -0.05) is 28.8 Å². The molecule has 2 amide bonds. The third-order valence-corrected chi connectivity index (χ3v) is 5.43. The first kappa shape index (κ1) is 18.2. The van der Waals surface area contributed by atoms with Crippen LogP contribution in [0.2, 0.25) is 5.02 Å². The molecule has 3 heterocycles. The van der Waals surface area contributed by atoms with E-state index in [1.54, 1.807) is 29.1 Å². The van der Waals surface area contributed by atoms with Gasteiger partial charge in [-0.25, -0.2) is 14.8 Å². The van der Waals surface area contributed by atoms with Crippen LogP contribution in [0.25, 0.3) is 0 Å². The molecule has 0 fully saturated rings. The van der Waals surface area contributed by atoms with Crippen LogP contribution in [0.15, 0.2) is 59.1 Å². The fourth-order valence-corrected chi connectivity index (χ4v) is 3.57. The van der Waals surface area contributed by atoms with Gasteiger partial charge in [0.15, 0.2) is 5.16 Å². The molecule has 0 radical (unpaired) electrons. The Morgan fingerprint density at radius 1 is 1.14 bits per heavy atom. The average Bonchev–Trinajstić information content (AvgIpc) is 3.20. The molecule has 2 aromatic heterocycles. The number of nitrogens with zero attached hydrogens (tertiary/aromatic N) is 4. The zero-order valence-corrected chi connectivity index (χ0v) is 15.9. The van der Waals surface area contributed by atoms with Crippen LogP contribution in [0.5, 0.6) is 0 Å². The van der Waals surface area contributed by atoms with Gasteiger partial charge in [0.05, 0.1) is 21.7 Å². The van der Waals surface area contributed by atoms with E-state index in [9.17, 15) is 14.4 Å². The third kappa shape index (κ3) is 3.14. The largest absolute Gasteiger partial charge is 0.365 e. The molecule has 140 valence electrons. The molecule has 1 aliphatic heterocycles. The molecular weight excluding hydrogens is 404 g/mol. The summed E-state index contributed by atoms with van der Waals surface area (Å²) in [6.45, 7) is 0. The Bertz CT molecular complexity index is 1100. The second-order valence-electron chi connectivity index (χ2n) is 5.76. The summed E-state index contributed by atoms with van der Waals surface area (Å²) in [5.74, 6) is -2.32. The van der Waals surface area contributed by atoms with Crippen molar-refractivity contribution in [2.45, 2.75) is 10.2 Å². The van der Waals surface area contributed by atoms with E-state index in [1.807, 2.05) is 7.05 Å². The number of aryl methyl sites for hydroxylation is 1. The highest BCUT2D eigenvalue weighted by Crippen LogP contribution is 2.31. The quantitative estimate of drug-likeness (QED) is 0.605. The number of imide groups is 1. The van der Waals surface area contributed by atoms with Gasteiger partial charge >= 0.3 is 5.97 Å². The van der Waals surface area contributed by atoms with E-state index in [4.69, 9.17) is 16.4 Å². The Morgan fingerprint density at radius 3 is 2.39 bits per heavy atom. The van der Waals surface area contributed by atoms with Gasteiger partial charge in [0.2, 0.25) is 0 Å². The molecule has 4 rings (SSSR count). The topological polar surface area (TPSA) is 94.4 Å². The lowest BCUT2D eigenvalue weighted by Crippen LogP contribution is -2.32. The third-order valence-electron chi connectivity index (χ3n) is 3.94. The highest BCUT2D eigenvalue weighted by Gasteiger charge is 2.38. The second kappa shape index (κ2) is 7.10. The molecule has 0 aliphatic carbocycles. The number of carbonyl (C=O) groups excluding carboxylic acids is 3. The maximum absolute atomic E-state index is 12.4. The number of aromatic nitrogens is 3. The van der Waals surface area contributed by atoms with Gasteiger partial charge in [0.25, 0.3) is 11.8 Å². The SMILES string of the molecule is Cn1ccnc1Sc1ncc(C(=O)ON2C(=O)c3ccccc3C2=O)cc1Cl. The number of pyridine rings is 1. The Hall–Kier alpha value is -3.17. The van der Waals surface area contributed by atoms with Gasteiger partial charge in [0, 0.05) is 25.6 Å². The van der Waals surface area contributed by atoms with E-state index in [-0.39, 0.29) is 21.7 Å². The van der Waals surface area contributed by atoms with E-state index < -0.39 is 17.8 Å². The molecule has 8 nitrogen and oxygen atoms in total. The molecule has 1 aliphatic rings. The Morgan fingerprint density at radius 2 is 1.82 bits per heavy atom. The number of hydrogen-bond acceptors (Lipinski definition) is 7. The first-order chi connectivity index (χ1) is 13.5. The van der Waals surface area contributed by atoms with Gasteiger partial charge in [-0.3, -0.25) is 9.59 Å². The van der Waals surface area contributed by atoms with Crippen LogP contribution in [-0.2, 0) is 11.9 Å². The molecule has 0 atom stereocenters. The molecule has 3 aromatic rings. The van der Waals surface area contributed by atoms with Crippen molar-refractivity contribution in [1.29, 1.82) is 0 Å². The summed E-state index contributed by atoms with van der Waals surface area (Å²) in [6, 6.07) is 7.59. The molecular formula is C18H11ClN4O4S. The number of benzene rings is 1. The standard InChI is InChI=1S/C18H11ClN4O4S/c1-22-7-6-20-18(22)28-14-13(19)8-10(9-21-14)17(26)27-23-15(24)11-4-2-3-5-12(11)16(23)25/h2-9H,1H3. The molecule has 10 heteroatoms. The molecule has 0 bridgehead atoms. The number of imidazole rings is 1. The molecule has 0 saturated heterocycles. The minimum Gasteiger partial charge on any atom is -0.329 e. The first-order valence-corrected chi connectivity index (χ1v) is 9.16. The van der Waals surface area contributed by atoms with Crippen molar-refractivity contribution in [3.05, 3.63) is 70.6 Å². The zero-order chi connectivity index (χ0) is 19.8. The summed E-state index contributed by atoms with van der Waals surface area (Å²) in [4.78, 5) is 50.3. The van der Waals surface area contributed by atoms with Gasteiger partial charge < -0.3 is 9.40 Å². The van der Waals surface area contributed by atoms with Crippen LogP contribution in [0, 0.1) is 0 Å². The fraction of sp³-hybridized carbons (Fsp3) is 0.0556. The van der Waals surface area contributed by atoms with Gasteiger partial charge in [-0.15, -0.1) is 0 Å². The van der Waals surface area contributed by atoms with E-state index in [0.717, 1.165) is 0 Å². The Balaban J connectivity index is 1.52. The molecule has 0 N–H and O–H groups in total. The van der Waals surface area contributed by atoms with Crippen molar-refractivity contribution < 1.29 is 19.2 Å². The highest BCUT2D eigenvalue weighted by molar-refractivity contribution is 7.99. The summed E-state index contributed by atoms with van der Waals surface area (Å²) in [5.41, 5.74) is 0.363. The minimum atomic E-state index is -0.919. The van der Waals surface area contributed by atoms with Gasteiger partial charge in [-0.2, -0.15) is 0 Å². The van der Waals surface area contributed by atoms with Crippen LogP contribution < -0.4 is 0 Å². The van der Waals surface area contributed by atoms with E-state index in [2.05, 4.69) is 9.97 Å². The van der Waals surface area contributed by atoms with Crippen molar-refractivity contribution in [3.63, 3.8) is 0 Å². The molecule has 0 spiro atoms. The number of hydrogen-bond donors (Lipinski definition) is 0. The van der Waals surface area contributed by atoms with E-state index in [0.29, 0.717) is 15.2 Å². The number of fused-ring (bicyclic) bond motifs is 1. The van der Waals surface area contributed by atoms with Crippen molar-refractivity contribution in [3.8, 4) is 0 Å². The maximum Gasteiger partial charge on any atom is 0.365 e. The summed E-state index contributed by atoms with van der Waals surface area (Å²) in [6.07, 6.45) is 4.69. The second-order valence-corrected chi connectivity index (χ2v) is 7.13. The summed E-state index contributed by atoms with van der Waals surface area (Å²) >= 11 is 7.45. The summed E-state index contributed by atoms with van der Waals surface area (Å²) < 4.78 is 1.80. The monoisotopic (exact) mass is 414 g/mol. The van der Waals surface area contributed by atoms with E-state index in [1.165, 1.54) is 36.2 Å². The normalized spacial score (nSPS) is 13.0. The van der Waals surface area contributed by atoms with Crippen LogP contribution in [0.3, 0.4) is 0 Å². The smallest absolute Gasteiger partial charge is 0.329 e. The number of hydroxylamine groups is 2.